The highest BCUT2D eigenvalue weighted by Crippen LogP contribution is 2.26. The van der Waals surface area contributed by atoms with Gasteiger partial charge in [-0.3, -0.25) is 4.79 Å². The first-order valence-corrected chi connectivity index (χ1v) is 11.1. The van der Waals surface area contributed by atoms with Crippen LogP contribution in [0.25, 0.3) is 0 Å². The summed E-state index contributed by atoms with van der Waals surface area (Å²) < 4.78 is 27.5. The van der Waals surface area contributed by atoms with Crippen LogP contribution < -0.4 is 5.73 Å². The number of hydrogen-bond acceptors (Lipinski definition) is 4. The van der Waals surface area contributed by atoms with Crippen LogP contribution in [0, 0.1) is 0 Å². The summed E-state index contributed by atoms with van der Waals surface area (Å²) >= 11 is 0. The summed E-state index contributed by atoms with van der Waals surface area (Å²) in [5.74, 6) is 0.0133. The number of aryl methyl sites for hydroxylation is 2. The summed E-state index contributed by atoms with van der Waals surface area (Å²) in [4.78, 5) is 14.6. The smallest absolute Gasteiger partial charge is 0.243 e. The van der Waals surface area contributed by atoms with Gasteiger partial charge in [-0.05, 0) is 60.2 Å². The molecule has 0 aromatic heterocycles. The van der Waals surface area contributed by atoms with Crippen molar-refractivity contribution in [3.8, 4) is 0 Å². The lowest BCUT2D eigenvalue weighted by atomic mass is 10.1. The molecule has 0 spiro atoms. The molecule has 148 valence electrons. The second kappa shape index (κ2) is 7.56. The summed E-state index contributed by atoms with van der Waals surface area (Å²) in [5.41, 5.74) is 9.67. The maximum absolute atomic E-state index is 13.0. The molecule has 1 aliphatic carbocycles. The minimum atomic E-state index is -3.51. The first-order chi connectivity index (χ1) is 13.4. The minimum absolute atomic E-state index is 0.0133. The van der Waals surface area contributed by atoms with Gasteiger partial charge in [0.25, 0.3) is 0 Å². The molecule has 1 amide bonds. The second-order valence-corrected chi connectivity index (χ2v) is 9.43. The lowest BCUT2D eigenvalue weighted by Crippen LogP contribution is -2.50. The number of carbonyl (C=O) groups is 1. The van der Waals surface area contributed by atoms with E-state index in [9.17, 15) is 13.2 Å². The highest BCUT2D eigenvalue weighted by atomic mass is 32.2. The third-order valence-corrected chi connectivity index (χ3v) is 7.53. The van der Waals surface area contributed by atoms with E-state index in [4.69, 9.17) is 5.73 Å². The predicted molar refractivity (Wildman–Crippen MR) is 108 cm³/mol. The Labute approximate surface area is 166 Å². The standard InChI is InChI=1S/C21H25N3O3S/c22-19-7-4-16(5-8-19)14-21(25)23-10-12-24(13-11-23)28(26,27)20-9-6-17-2-1-3-18(17)15-20/h4-9,15H,1-3,10-14,22H2. The van der Waals surface area contributed by atoms with Crippen molar-refractivity contribution in [3.63, 3.8) is 0 Å². The largest absolute Gasteiger partial charge is 0.399 e. The molecule has 28 heavy (non-hydrogen) atoms. The van der Waals surface area contributed by atoms with Crippen molar-refractivity contribution in [1.29, 1.82) is 0 Å². The van der Waals surface area contributed by atoms with E-state index in [0.717, 1.165) is 30.4 Å². The molecule has 0 radical (unpaired) electrons. The molecule has 4 rings (SSSR count). The average Bonchev–Trinajstić information content (AvgIpc) is 3.17. The van der Waals surface area contributed by atoms with Crippen molar-refractivity contribution in [2.75, 3.05) is 31.9 Å². The Bertz CT molecular complexity index is 978. The van der Waals surface area contributed by atoms with Gasteiger partial charge >= 0.3 is 0 Å². The molecule has 1 aliphatic heterocycles. The van der Waals surface area contributed by atoms with Crippen molar-refractivity contribution >= 4 is 21.6 Å². The van der Waals surface area contributed by atoms with Gasteiger partial charge in [-0.25, -0.2) is 8.42 Å². The fraction of sp³-hybridized carbons (Fsp3) is 0.381. The maximum atomic E-state index is 13.0. The number of nitrogen functional groups attached to an aromatic ring is 1. The third-order valence-electron chi connectivity index (χ3n) is 5.63. The number of hydrogen-bond donors (Lipinski definition) is 1. The van der Waals surface area contributed by atoms with E-state index in [1.54, 1.807) is 23.1 Å². The van der Waals surface area contributed by atoms with Crippen LogP contribution >= 0.6 is 0 Å². The Hall–Kier alpha value is -2.38. The highest BCUT2D eigenvalue weighted by molar-refractivity contribution is 7.89. The van der Waals surface area contributed by atoms with E-state index in [0.29, 0.717) is 43.2 Å². The van der Waals surface area contributed by atoms with Crippen molar-refractivity contribution in [2.45, 2.75) is 30.6 Å². The van der Waals surface area contributed by atoms with Crippen LogP contribution in [0.1, 0.15) is 23.1 Å². The molecule has 0 unspecified atom stereocenters. The molecule has 1 heterocycles. The van der Waals surface area contributed by atoms with Crippen LogP contribution in [0.4, 0.5) is 5.69 Å². The van der Waals surface area contributed by atoms with Crippen LogP contribution in [-0.2, 0) is 34.1 Å². The van der Waals surface area contributed by atoms with Crippen LogP contribution in [0.15, 0.2) is 47.4 Å². The zero-order valence-corrected chi connectivity index (χ0v) is 16.6. The lowest BCUT2D eigenvalue weighted by Gasteiger charge is -2.34. The molecule has 2 aromatic carbocycles. The van der Waals surface area contributed by atoms with Crippen LogP contribution in [0.2, 0.25) is 0 Å². The van der Waals surface area contributed by atoms with Gasteiger partial charge in [0, 0.05) is 31.9 Å². The van der Waals surface area contributed by atoms with Crippen LogP contribution in [-0.4, -0.2) is 49.7 Å². The second-order valence-electron chi connectivity index (χ2n) is 7.49. The molecule has 1 saturated heterocycles. The number of benzene rings is 2. The summed E-state index contributed by atoms with van der Waals surface area (Å²) in [6, 6.07) is 12.8. The van der Waals surface area contributed by atoms with Gasteiger partial charge in [-0.15, -0.1) is 0 Å². The van der Waals surface area contributed by atoms with Crippen molar-refractivity contribution < 1.29 is 13.2 Å². The molecular formula is C21H25N3O3S. The summed E-state index contributed by atoms with van der Waals surface area (Å²) in [5, 5.41) is 0. The number of sulfonamides is 1. The van der Waals surface area contributed by atoms with Gasteiger partial charge in [0.2, 0.25) is 15.9 Å². The molecule has 2 N–H and O–H groups in total. The Morgan fingerprint density at radius 1 is 0.929 bits per heavy atom. The monoisotopic (exact) mass is 399 g/mol. The zero-order chi connectivity index (χ0) is 19.7. The highest BCUT2D eigenvalue weighted by Gasteiger charge is 2.30. The summed E-state index contributed by atoms with van der Waals surface area (Å²) in [7, 11) is -3.51. The molecule has 7 heteroatoms. The van der Waals surface area contributed by atoms with Gasteiger partial charge in [0.05, 0.1) is 11.3 Å². The number of nitrogens with two attached hydrogens (primary N) is 1. The van der Waals surface area contributed by atoms with E-state index in [2.05, 4.69) is 0 Å². The molecule has 6 nitrogen and oxygen atoms in total. The van der Waals surface area contributed by atoms with E-state index in [1.165, 1.54) is 9.87 Å². The van der Waals surface area contributed by atoms with Gasteiger partial charge in [-0.2, -0.15) is 4.31 Å². The average molecular weight is 400 g/mol. The molecule has 1 fully saturated rings. The summed E-state index contributed by atoms with van der Waals surface area (Å²) in [6.07, 6.45) is 3.38. The predicted octanol–water partition coefficient (Wildman–Crippen LogP) is 1.83. The first-order valence-electron chi connectivity index (χ1n) is 9.67. The maximum Gasteiger partial charge on any atom is 0.243 e. The Kier molecular flexibility index (Phi) is 5.12. The Balaban J connectivity index is 1.39. The lowest BCUT2D eigenvalue weighted by molar-refractivity contribution is -0.131. The fourth-order valence-corrected chi connectivity index (χ4v) is 5.43. The minimum Gasteiger partial charge on any atom is -0.399 e. The number of nitrogens with zero attached hydrogens (tertiary/aromatic N) is 2. The van der Waals surface area contributed by atoms with Gasteiger partial charge in [0.1, 0.15) is 0 Å². The van der Waals surface area contributed by atoms with E-state index in [1.807, 2.05) is 24.3 Å². The quantitative estimate of drug-likeness (QED) is 0.795. The number of fused-ring (bicyclic) bond motifs is 1. The molecule has 0 saturated carbocycles. The number of amides is 1. The van der Waals surface area contributed by atoms with E-state index in [-0.39, 0.29) is 5.91 Å². The Morgan fingerprint density at radius 2 is 1.61 bits per heavy atom. The molecule has 0 atom stereocenters. The molecule has 2 aliphatic rings. The SMILES string of the molecule is Nc1ccc(CC(=O)N2CCN(S(=O)(=O)c3ccc4c(c3)CCC4)CC2)cc1. The fourth-order valence-electron chi connectivity index (χ4n) is 3.96. The molecular weight excluding hydrogens is 374 g/mol. The van der Waals surface area contributed by atoms with Crippen molar-refractivity contribution in [2.24, 2.45) is 0 Å². The number of rotatable bonds is 4. The van der Waals surface area contributed by atoms with E-state index < -0.39 is 10.0 Å². The molecule has 0 bridgehead atoms. The number of carbonyl (C=O) groups excluding carboxylic acids is 1. The summed E-state index contributed by atoms with van der Waals surface area (Å²) in [6.45, 7) is 1.48. The van der Waals surface area contributed by atoms with Crippen molar-refractivity contribution in [1.82, 2.24) is 9.21 Å². The van der Waals surface area contributed by atoms with Gasteiger partial charge < -0.3 is 10.6 Å². The van der Waals surface area contributed by atoms with Gasteiger partial charge in [-0.1, -0.05) is 18.2 Å². The third kappa shape index (κ3) is 3.77. The normalized spacial score (nSPS) is 17.5. The Morgan fingerprint density at radius 3 is 2.32 bits per heavy atom. The van der Waals surface area contributed by atoms with Gasteiger partial charge in [0.15, 0.2) is 0 Å². The van der Waals surface area contributed by atoms with Crippen molar-refractivity contribution in [3.05, 3.63) is 59.2 Å². The molecule has 2 aromatic rings. The first kappa shape index (κ1) is 19.0. The number of anilines is 1. The topological polar surface area (TPSA) is 83.7 Å². The zero-order valence-electron chi connectivity index (χ0n) is 15.8. The number of piperazine rings is 1. The van der Waals surface area contributed by atoms with Crippen LogP contribution in [0.5, 0.6) is 0 Å². The van der Waals surface area contributed by atoms with Crippen LogP contribution in [0.3, 0.4) is 0 Å². The van der Waals surface area contributed by atoms with E-state index >= 15 is 0 Å².